The van der Waals surface area contributed by atoms with Crippen LogP contribution in [0.25, 0.3) is 0 Å². The summed E-state index contributed by atoms with van der Waals surface area (Å²) in [7, 11) is -3.39. The number of nitrogens with one attached hydrogen (secondary N) is 1. The third kappa shape index (κ3) is 7.67. The standard InChI is InChI=1S/C10H24N2O4S/c1-3-6-12(7-4-2)17(14,15)11-5-9-16-10-8-13/h11,13H,3-10H2,1-2H3. The van der Waals surface area contributed by atoms with E-state index < -0.39 is 10.2 Å². The van der Waals surface area contributed by atoms with E-state index in [1.165, 1.54) is 4.31 Å². The highest BCUT2D eigenvalue weighted by atomic mass is 32.2. The lowest BCUT2D eigenvalue weighted by atomic mass is 10.4. The van der Waals surface area contributed by atoms with E-state index in [0.717, 1.165) is 12.8 Å². The van der Waals surface area contributed by atoms with Crippen molar-refractivity contribution in [3.05, 3.63) is 0 Å². The molecule has 0 aliphatic carbocycles. The topological polar surface area (TPSA) is 78.9 Å². The maximum atomic E-state index is 11.9. The lowest BCUT2D eigenvalue weighted by Gasteiger charge is -2.21. The van der Waals surface area contributed by atoms with Gasteiger partial charge in [-0.2, -0.15) is 17.4 Å². The lowest BCUT2D eigenvalue weighted by Crippen LogP contribution is -2.42. The van der Waals surface area contributed by atoms with Gasteiger partial charge in [-0.1, -0.05) is 13.8 Å². The summed E-state index contributed by atoms with van der Waals surface area (Å²) in [6.07, 6.45) is 1.59. The average molecular weight is 268 g/mol. The van der Waals surface area contributed by atoms with Crippen molar-refractivity contribution in [2.24, 2.45) is 0 Å². The lowest BCUT2D eigenvalue weighted by molar-refractivity contribution is 0.0959. The molecule has 0 saturated heterocycles. The van der Waals surface area contributed by atoms with Crippen LogP contribution >= 0.6 is 0 Å². The molecule has 0 atom stereocenters. The highest BCUT2D eigenvalue weighted by Crippen LogP contribution is 2.00. The molecule has 0 spiro atoms. The molecule has 2 N–H and O–H groups in total. The maximum absolute atomic E-state index is 11.9. The molecule has 0 heterocycles. The molecule has 7 heteroatoms. The molecule has 6 nitrogen and oxygen atoms in total. The Bertz CT molecular complexity index is 263. The van der Waals surface area contributed by atoms with E-state index >= 15 is 0 Å². The van der Waals surface area contributed by atoms with Crippen LogP contribution in [0, 0.1) is 0 Å². The van der Waals surface area contributed by atoms with Crippen LogP contribution in [0.1, 0.15) is 26.7 Å². The van der Waals surface area contributed by atoms with Crippen molar-refractivity contribution in [2.75, 3.05) is 39.5 Å². The Morgan fingerprint density at radius 3 is 2.24 bits per heavy atom. The second-order valence-corrected chi connectivity index (χ2v) is 5.39. The van der Waals surface area contributed by atoms with Crippen molar-refractivity contribution < 1.29 is 18.3 Å². The molecule has 0 bridgehead atoms. The van der Waals surface area contributed by atoms with Gasteiger partial charge in [-0.3, -0.25) is 0 Å². The molecular formula is C10H24N2O4S. The van der Waals surface area contributed by atoms with E-state index in [4.69, 9.17) is 9.84 Å². The zero-order chi connectivity index (χ0) is 13.1. The van der Waals surface area contributed by atoms with E-state index in [1.807, 2.05) is 13.8 Å². The summed E-state index contributed by atoms with van der Waals surface area (Å²) >= 11 is 0. The van der Waals surface area contributed by atoms with Crippen LogP contribution in [0.4, 0.5) is 0 Å². The number of nitrogens with zero attached hydrogens (tertiary/aromatic N) is 1. The molecule has 0 aromatic carbocycles. The second-order valence-electron chi connectivity index (χ2n) is 3.63. The fraction of sp³-hybridized carbons (Fsp3) is 1.00. The molecule has 17 heavy (non-hydrogen) atoms. The van der Waals surface area contributed by atoms with E-state index in [2.05, 4.69) is 4.72 Å². The predicted molar refractivity (Wildman–Crippen MR) is 67.0 cm³/mol. The quantitative estimate of drug-likeness (QED) is 0.515. The van der Waals surface area contributed by atoms with Gasteiger partial charge in [0.1, 0.15) is 0 Å². The summed E-state index contributed by atoms with van der Waals surface area (Å²) in [5.41, 5.74) is 0. The van der Waals surface area contributed by atoms with Crippen LogP contribution in [0.5, 0.6) is 0 Å². The van der Waals surface area contributed by atoms with Gasteiger partial charge >= 0.3 is 0 Å². The zero-order valence-electron chi connectivity index (χ0n) is 10.7. The smallest absolute Gasteiger partial charge is 0.279 e. The Kier molecular flexibility index (Phi) is 9.66. The van der Waals surface area contributed by atoms with Crippen molar-refractivity contribution in [1.82, 2.24) is 9.03 Å². The van der Waals surface area contributed by atoms with Crippen molar-refractivity contribution in [3.63, 3.8) is 0 Å². The number of ether oxygens (including phenoxy) is 1. The van der Waals surface area contributed by atoms with Crippen LogP contribution in [0.2, 0.25) is 0 Å². The van der Waals surface area contributed by atoms with Crippen molar-refractivity contribution in [3.8, 4) is 0 Å². The highest BCUT2D eigenvalue weighted by Gasteiger charge is 2.19. The number of aliphatic hydroxyl groups is 1. The van der Waals surface area contributed by atoms with Crippen LogP contribution in [-0.2, 0) is 14.9 Å². The van der Waals surface area contributed by atoms with Gasteiger partial charge in [0.15, 0.2) is 0 Å². The minimum absolute atomic E-state index is 0.0510. The normalized spacial score (nSPS) is 12.2. The molecule has 0 aliphatic rings. The van der Waals surface area contributed by atoms with Gasteiger partial charge in [-0.25, -0.2) is 0 Å². The van der Waals surface area contributed by atoms with Crippen molar-refractivity contribution in [1.29, 1.82) is 0 Å². The molecule has 0 aliphatic heterocycles. The van der Waals surface area contributed by atoms with Gasteiger partial charge in [0.2, 0.25) is 0 Å². The molecule has 0 saturated carbocycles. The monoisotopic (exact) mass is 268 g/mol. The molecule has 0 unspecified atom stereocenters. The van der Waals surface area contributed by atoms with E-state index in [1.54, 1.807) is 0 Å². The Morgan fingerprint density at radius 1 is 1.18 bits per heavy atom. The number of hydrogen-bond acceptors (Lipinski definition) is 4. The van der Waals surface area contributed by atoms with Crippen LogP contribution in [0.15, 0.2) is 0 Å². The Balaban J connectivity index is 4.04. The first kappa shape index (κ1) is 16.8. The van der Waals surface area contributed by atoms with Crippen LogP contribution < -0.4 is 4.72 Å². The molecule has 0 radical (unpaired) electrons. The second kappa shape index (κ2) is 9.78. The first-order chi connectivity index (χ1) is 8.08. The van der Waals surface area contributed by atoms with Crippen molar-refractivity contribution in [2.45, 2.75) is 26.7 Å². The SMILES string of the molecule is CCCN(CCC)S(=O)(=O)NCCOCCO. The number of rotatable bonds is 11. The first-order valence-corrected chi connectivity index (χ1v) is 7.45. The highest BCUT2D eigenvalue weighted by molar-refractivity contribution is 7.87. The average Bonchev–Trinajstić information content (AvgIpc) is 2.28. The van der Waals surface area contributed by atoms with Gasteiger partial charge < -0.3 is 9.84 Å². The molecule has 0 aromatic rings. The maximum Gasteiger partial charge on any atom is 0.279 e. The molecular weight excluding hydrogens is 244 g/mol. The molecule has 104 valence electrons. The number of aliphatic hydroxyl groups excluding tert-OH is 1. The molecule has 0 fully saturated rings. The van der Waals surface area contributed by atoms with Gasteiger partial charge in [-0.05, 0) is 12.8 Å². The predicted octanol–water partition coefficient (Wildman–Crippen LogP) is -0.0483. The van der Waals surface area contributed by atoms with E-state index in [9.17, 15) is 8.42 Å². The van der Waals surface area contributed by atoms with Crippen molar-refractivity contribution >= 4 is 10.2 Å². The third-order valence-electron chi connectivity index (χ3n) is 2.05. The minimum Gasteiger partial charge on any atom is -0.394 e. The summed E-state index contributed by atoms with van der Waals surface area (Å²) in [4.78, 5) is 0. The van der Waals surface area contributed by atoms with Gasteiger partial charge in [0.05, 0.1) is 19.8 Å². The molecule has 0 rings (SSSR count). The summed E-state index contributed by atoms with van der Waals surface area (Å²) in [6, 6.07) is 0. The van der Waals surface area contributed by atoms with Crippen LogP contribution in [-0.4, -0.2) is 57.3 Å². The van der Waals surface area contributed by atoms with Gasteiger partial charge in [0.25, 0.3) is 10.2 Å². The molecule has 0 aromatic heterocycles. The Morgan fingerprint density at radius 2 is 1.76 bits per heavy atom. The Hall–Kier alpha value is -0.210. The van der Waals surface area contributed by atoms with Crippen LogP contribution in [0.3, 0.4) is 0 Å². The summed E-state index contributed by atoms with van der Waals surface area (Å²) in [5.74, 6) is 0. The molecule has 0 amide bonds. The van der Waals surface area contributed by atoms with E-state index in [-0.39, 0.29) is 26.4 Å². The number of hydrogen-bond donors (Lipinski definition) is 2. The zero-order valence-corrected chi connectivity index (χ0v) is 11.5. The van der Waals surface area contributed by atoms with Gasteiger partial charge in [-0.15, -0.1) is 0 Å². The minimum atomic E-state index is -3.39. The Labute approximate surface area is 104 Å². The summed E-state index contributed by atoms with van der Waals surface area (Å²) in [5, 5.41) is 8.48. The van der Waals surface area contributed by atoms with Gasteiger partial charge in [0, 0.05) is 19.6 Å². The first-order valence-electron chi connectivity index (χ1n) is 6.01. The largest absolute Gasteiger partial charge is 0.394 e. The fourth-order valence-corrected chi connectivity index (χ4v) is 2.72. The van der Waals surface area contributed by atoms with E-state index in [0.29, 0.717) is 13.1 Å². The fourth-order valence-electron chi connectivity index (χ4n) is 1.35. The third-order valence-corrected chi connectivity index (χ3v) is 3.67. The summed E-state index contributed by atoms with van der Waals surface area (Å²) < 4.78 is 32.6. The summed E-state index contributed by atoms with van der Waals surface area (Å²) in [6.45, 7) is 5.63.